The van der Waals surface area contributed by atoms with Crippen LogP contribution in [0.2, 0.25) is 0 Å². The fraction of sp³-hybridized carbons (Fsp3) is 0.619. The smallest absolute Gasteiger partial charge is 0.223 e. The first-order valence-electron chi connectivity index (χ1n) is 9.89. The molecule has 1 aliphatic heterocycles. The third-order valence-corrected chi connectivity index (χ3v) is 5.48. The fourth-order valence-electron chi connectivity index (χ4n) is 3.69. The molecule has 2 amide bonds. The Morgan fingerprint density at radius 2 is 1.77 bits per heavy atom. The van der Waals surface area contributed by atoms with Gasteiger partial charge >= 0.3 is 0 Å². The molecule has 0 aliphatic carbocycles. The molecule has 1 unspecified atom stereocenters. The Morgan fingerprint density at radius 1 is 1.12 bits per heavy atom. The van der Waals surface area contributed by atoms with Gasteiger partial charge in [0.1, 0.15) is 0 Å². The van der Waals surface area contributed by atoms with Gasteiger partial charge in [0.25, 0.3) is 0 Å². The third-order valence-electron chi connectivity index (χ3n) is 4.95. The predicted molar refractivity (Wildman–Crippen MR) is 109 cm³/mol. The van der Waals surface area contributed by atoms with Crippen molar-refractivity contribution in [3.63, 3.8) is 0 Å². The standard InChI is InChI=1S/C21H31BrN2O2/c1-3-14-23(15-4-2)20(25)8-5-9-21(26)24-16-6-7-19(24)17-10-12-18(22)13-11-17/h10-13,19H,3-9,14-16H2,1-2H3. The first-order valence-corrected chi connectivity index (χ1v) is 10.7. The average Bonchev–Trinajstić information content (AvgIpc) is 3.12. The Labute approximate surface area is 166 Å². The van der Waals surface area contributed by atoms with Crippen molar-refractivity contribution in [1.82, 2.24) is 9.80 Å². The van der Waals surface area contributed by atoms with Crippen molar-refractivity contribution in [1.29, 1.82) is 0 Å². The SMILES string of the molecule is CCCN(CCC)C(=O)CCCC(=O)N1CCCC1c1ccc(Br)cc1. The number of benzene rings is 1. The molecule has 1 saturated heterocycles. The van der Waals surface area contributed by atoms with Crippen LogP contribution in [-0.4, -0.2) is 41.2 Å². The molecule has 26 heavy (non-hydrogen) atoms. The molecule has 2 rings (SSSR count). The van der Waals surface area contributed by atoms with Crippen LogP contribution in [0.5, 0.6) is 0 Å². The van der Waals surface area contributed by atoms with Crippen LogP contribution in [0, 0.1) is 0 Å². The zero-order valence-corrected chi connectivity index (χ0v) is 17.6. The van der Waals surface area contributed by atoms with E-state index in [-0.39, 0.29) is 17.9 Å². The van der Waals surface area contributed by atoms with Crippen LogP contribution in [-0.2, 0) is 9.59 Å². The maximum absolute atomic E-state index is 12.7. The Balaban J connectivity index is 1.84. The van der Waals surface area contributed by atoms with Gasteiger partial charge in [-0.15, -0.1) is 0 Å². The Morgan fingerprint density at radius 3 is 2.38 bits per heavy atom. The number of carbonyl (C=O) groups is 2. The van der Waals surface area contributed by atoms with E-state index in [1.54, 1.807) is 0 Å². The molecule has 0 spiro atoms. The van der Waals surface area contributed by atoms with E-state index in [0.717, 1.165) is 49.8 Å². The van der Waals surface area contributed by atoms with Crippen molar-refractivity contribution < 1.29 is 9.59 Å². The molecule has 1 aromatic rings. The van der Waals surface area contributed by atoms with Gasteiger partial charge in [-0.25, -0.2) is 0 Å². The highest BCUT2D eigenvalue weighted by Crippen LogP contribution is 2.33. The van der Waals surface area contributed by atoms with Gasteiger partial charge in [0.15, 0.2) is 0 Å². The number of amides is 2. The highest BCUT2D eigenvalue weighted by molar-refractivity contribution is 9.10. The number of hydrogen-bond acceptors (Lipinski definition) is 2. The molecule has 1 heterocycles. The molecule has 1 atom stereocenters. The van der Waals surface area contributed by atoms with Crippen LogP contribution < -0.4 is 0 Å². The first kappa shape index (κ1) is 20.9. The molecule has 0 aromatic heterocycles. The molecule has 0 bridgehead atoms. The predicted octanol–water partition coefficient (Wildman–Crippen LogP) is 4.93. The topological polar surface area (TPSA) is 40.6 Å². The van der Waals surface area contributed by atoms with Crippen LogP contribution in [0.3, 0.4) is 0 Å². The second-order valence-corrected chi connectivity index (χ2v) is 7.95. The Kier molecular flexibility index (Phi) is 8.63. The van der Waals surface area contributed by atoms with E-state index in [1.807, 2.05) is 21.9 Å². The summed E-state index contributed by atoms with van der Waals surface area (Å²) in [4.78, 5) is 29.0. The van der Waals surface area contributed by atoms with Gasteiger partial charge in [-0.1, -0.05) is 41.9 Å². The lowest BCUT2D eigenvalue weighted by Crippen LogP contribution is -2.33. The van der Waals surface area contributed by atoms with E-state index >= 15 is 0 Å². The molecular weight excluding hydrogens is 392 g/mol. The molecule has 1 aliphatic rings. The van der Waals surface area contributed by atoms with E-state index in [2.05, 4.69) is 41.9 Å². The van der Waals surface area contributed by atoms with Gasteiger partial charge in [0.05, 0.1) is 6.04 Å². The van der Waals surface area contributed by atoms with E-state index in [1.165, 1.54) is 5.56 Å². The summed E-state index contributed by atoms with van der Waals surface area (Å²) in [6.07, 6.45) is 5.61. The number of carbonyl (C=O) groups excluding carboxylic acids is 2. The lowest BCUT2D eigenvalue weighted by molar-refractivity contribution is -0.133. The summed E-state index contributed by atoms with van der Waals surface area (Å²) in [5.74, 6) is 0.369. The minimum Gasteiger partial charge on any atom is -0.343 e. The van der Waals surface area contributed by atoms with Crippen molar-refractivity contribution in [3.8, 4) is 0 Å². The van der Waals surface area contributed by atoms with Gasteiger partial charge in [-0.3, -0.25) is 9.59 Å². The zero-order chi connectivity index (χ0) is 18.9. The van der Waals surface area contributed by atoms with Gasteiger partial charge < -0.3 is 9.80 Å². The van der Waals surface area contributed by atoms with E-state index in [9.17, 15) is 9.59 Å². The Hall–Kier alpha value is -1.36. The van der Waals surface area contributed by atoms with E-state index < -0.39 is 0 Å². The molecule has 0 N–H and O–H groups in total. The quantitative estimate of drug-likeness (QED) is 0.565. The highest BCUT2D eigenvalue weighted by atomic mass is 79.9. The number of hydrogen-bond donors (Lipinski definition) is 0. The summed E-state index contributed by atoms with van der Waals surface area (Å²) < 4.78 is 1.05. The monoisotopic (exact) mass is 422 g/mol. The number of halogens is 1. The molecule has 144 valence electrons. The molecule has 1 aromatic carbocycles. The molecule has 4 nitrogen and oxygen atoms in total. The first-order chi connectivity index (χ1) is 12.6. The molecular formula is C21H31BrN2O2. The van der Waals surface area contributed by atoms with Crippen molar-refractivity contribution in [2.75, 3.05) is 19.6 Å². The van der Waals surface area contributed by atoms with Crippen LogP contribution in [0.15, 0.2) is 28.7 Å². The summed E-state index contributed by atoms with van der Waals surface area (Å²) in [7, 11) is 0. The van der Waals surface area contributed by atoms with Crippen LogP contribution in [0.1, 0.15) is 70.4 Å². The van der Waals surface area contributed by atoms with Crippen LogP contribution >= 0.6 is 15.9 Å². The van der Waals surface area contributed by atoms with Gasteiger partial charge in [-0.05, 0) is 49.8 Å². The van der Waals surface area contributed by atoms with Crippen LogP contribution in [0.25, 0.3) is 0 Å². The van der Waals surface area contributed by atoms with Crippen molar-refractivity contribution in [2.45, 2.75) is 64.8 Å². The van der Waals surface area contributed by atoms with Crippen molar-refractivity contribution >= 4 is 27.7 Å². The number of nitrogens with zero attached hydrogens (tertiary/aromatic N) is 2. The molecule has 1 fully saturated rings. The van der Waals surface area contributed by atoms with Gasteiger partial charge in [0, 0.05) is 36.9 Å². The highest BCUT2D eigenvalue weighted by Gasteiger charge is 2.29. The zero-order valence-electron chi connectivity index (χ0n) is 16.0. The largest absolute Gasteiger partial charge is 0.343 e. The minimum absolute atomic E-state index is 0.181. The summed E-state index contributed by atoms with van der Waals surface area (Å²) in [6.45, 7) is 6.65. The maximum Gasteiger partial charge on any atom is 0.223 e. The molecule has 0 radical (unpaired) electrons. The lowest BCUT2D eigenvalue weighted by atomic mass is 10.0. The molecule has 0 saturated carbocycles. The summed E-state index contributed by atoms with van der Waals surface area (Å²) in [5.41, 5.74) is 1.20. The van der Waals surface area contributed by atoms with Crippen molar-refractivity contribution in [2.24, 2.45) is 0 Å². The fourth-order valence-corrected chi connectivity index (χ4v) is 3.95. The summed E-state index contributed by atoms with van der Waals surface area (Å²) in [6, 6.07) is 8.44. The second kappa shape index (κ2) is 10.7. The molecule has 5 heteroatoms. The van der Waals surface area contributed by atoms with Gasteiger partial charge in [-0.2, -0.15) is 0 Å². The average molecular weight is 423 g/mol. The van der Waals surface area contributed by atoms with E-state index in [0.29, 0.717) is 19.3 Å². The summed E-state index contributed by atoms with van der Waals surface area (Å²) in [5, 5.41) is 0. The normalized spacial score (nSPS) is 16.7. The van der Waals surface area contributed by atoms with E-state index in [4.69, 9.17) is 0 Å². The third kappa shape index (κ3) is 5.83. The second-order valence-electron chi connectivity index (χ2n) is 7.03. The van der Waals surface area contributed by atoms with Gasteiger partial charge in [0.2, 0.25) is 11.8 Å². The van der Waals surface area contributed by atoms with Crippen LogP contribution in [0.4, 0.5) is 0 Å². The lowest BCUT2D eigenvalue weighted by Gasteiger charge is -2.26. The summed E-state index contributed by atoms with van der Waals surface area (Å²) >= 11 is 3.46. The minimum atomic E-state index is 0.181. The Bertz CT molecular complexity index is 582. The number of likely N-dealkylation sites (tertiary alicyclic amines) is 1. The number of rotatable bonds is 9. The van der Waals surface area contributed by atoms with Crippen molar-refractivity contribution in [3.05, 3.63) is 34.3 Å². The maximum atomic E-state index is 12.7.